The SMILES string of the molecule is CCNC(=NCc1ccc(Cl)cc1)NCCCc1nnc(SC)n1C1CCCC1.I. The van der Waals surface area contributed by atoms with E-state index in [0.29, 0.717) is 12.6 Å². The molecule has 0 bridgehead atoms. The highest BCUT2D eigenvalue weighted by Gasteiger charge is 2.23. The van der Waals surface area contributed by atoms with Gasteiger partial charge >= 0.3 is 0 Å². The highest BCUT2D eigenvalue weighted by Crippen LogP contribution is 2.33. The fourth-order valence-electron chi connectivity index (χ4n) is 3.70. The Morgan fingerprint density at radius 1 is 1.20 bits per heavy atom. The molecule has 0 unspecified atom stereocenters. The van der Waals surface area contributed by atoms with Crippen molar-refractivity contribution in [3.8, 4) is 0 Å². The van der Waals surface area contributed by atoms with Gasteiger partial charge < -0.3 is 15.2 Å². The molecule has 0 radical (unpaired) electrons. The predicted molar refractivity (Wildman–Crippen MR) is 137 cm³/mol. The van der Waals surface area contributed by atoms with E-state index in [0.717, 1.165) is 53.5 Å². The number of halogens is 2. The lowest BCUT2D eigenvalue weighted by Crippen LogP contribution is -2.37. The molecule has 0 spiro atoms. The van der Waals surface area contributed by atoms with E-state index < -0.39 is 0 Å². The molecule has 0 atom stereocenters. The van der Waals surface area contributed by atoms with Crippen LogP contribution in [0.3, 0.4) is 0 Å². The molecule has 1 saturated carbocycles. The summed E-state index contributed by atoms with van der Waals surface area (Å²) in [6.45, 7) is 4.38. The van der Waals surface area contributed by atoms with Gasteiger partial charge in [0, 0.05) is 30.6 Å². The van der Waals surface area contributed by atoms with Crippen molar-refractivity contribution in [1.82, 2.24) is 25.4 Å². The normalized spacial score (nSPS) is 14.6. The van der Waals surface area contributed by atoms with Crippen LogP contribution in [0.1, 0.15) is 56.5 Å². The highest BCUT2D eigenvalue weighted by molar-refractivity contribution is 14.0. The molecule has 9 heteroatoms. The summed E-state index contributed by atoms with van der Waals surface area (Å²) in [6.07, 6.45) is 9.12. The fraction of sp³-hybridized carbons (Fsp3) is 0.571. The Hall–Kier alpha value is -1.000. The second-order valence-corrected chi connectivity index (χ2v) is 8.47. The summed E-state index contributed by atoms with van der Waals surface area (Å²) in [4.78, 5) is 4.67. The van der Waals surface area contributed by atoms with Gasteiger partial charge in [-0.2, -0.15) is 0 Å². The summed E-state index contributed by atoms with van der Waals surface area (Å²) in [5.74, 6) is 1.95. The molecule has 166 valence electrons. The number of nitrogens with zero attached hydrogens (tertiary/aromatic N) is 4. The first-order chi connectivity index (χ1) is 14.2. The van der Waals surface area contributed by atoms with Gasteiger partial charge in [0.25, 0.3) is 0 Å². The number of benzene rings is 1. The molecule has 1 fully saturated rings. The minimum absolute atomic E-state index is 0. The standard InChI is InChI=1S/C21H31ClN6S.HI/c1-3-23-20(25-15-16-10-12-17(22)13-11-16)24-14-6-9-19-26-27-21(29-2)28(19)18-7-4-5-8-18;/h10-13,18H,3-9,14-15H2,1-2H3,(H2,23,24,25);1H. The second-order valence-electron chi connectivity index (χ2n) is 7.26. The zero-order chi connectivity index (χ0) is 20.5. The smallest absolute Gasteiger partial charge is 0.191 e. The van der Waals surface area contributed by atoms with E-state index in [9.17, 15) is 0 Å². The number of thioether (sulfide) groups is 1. The maximum Gasteiger partial charge on any atom is 0.191 e. The van der Waals surface area contributed by atoms with E-state index in [2.05, 4.69) is 43.6 Å². The summed E-state index contributed by atoms with van der Waals surface area (Å²) >= 11 is 7.64. The minimum Gasteiger partial charge on any atom is -0.357 e. The van der Waals surface area contributed by atoms with Gasteiger partial charge in [-0.3, -0.25) is 0 Å². The zero-order valence-corrected chi connectivity index (χ0v) is 21.6. The van der Waals surface area contributed by atoms with Crippen LogP contribution in [0.4, 0.5) is 0 Å². The number of aliphatic imine (C=N–C) groups is 1. The van der Waals surface area contributed by atoms with Gasteiger partial charge in [-0.1, -0.05) is 48.3 Å². The van der Waals surface area contributed by atoms with Crippen LogP contribution < -0.4 is 10.6 Å². The molecule has 1 aliphatic carbocycles. The molecule has 2 N–H and O–H groups in total. The average molecular weight is 563 g/mol. The third-order valence-corrected chi connectivity index (χ3v) is 6.05. The van der Waals surface area contributed by atoms with E-state index in [1.807, 2.05) is 24.3 Å². The van der Waals surface area contributed by atoms with Crippen LogP contribution in [0.2, 0.25) is 5.02 Å². The van der Waals surface area contributed by atoms with Crippen molar-refractivity contribution < 1.29 is 0 Å². The Labute approximate surface area is 206 Å². The Morgan fingerprint density at radius 3 is 2.60 bits per heavy atom. The molecule has 1 aromatic heterocycles. The van der Waals surface area contributed by atoms with Crippen molar-refractivity contribution >= 4 is 53.3 Å². The number of hydrogen-bond donors (Lipinski definition) is 2. The van der Waals surface area contributed by atoms with Crippen molar-refractivity contribution in [3.05, 3.63) is 40.7 Å². The van der Waals surface area contributed by atoms with Crippen molar-refractivity contribution in [2.24, 2.45) is 4.99 Å². The van der Waals surface area contributed by atoms with Crippen LogP contribution in [0.5, 0.6) is 0 Å². The van der Waals surface area contributed by atoms with Gasteiger partial charge in [0.05, 0.1) is 6.54 Å². The van der Waals surface area contributed by atoms with Gasteiger partial charge in [-0.15, -0.1) is 34.2 Å². The third kappa shape index (κ3) is 7.30. The van der Waals surface area contributed by atoms with Crippen molar-refractivity contribution in [2.75, 3.05) is 19.3 Å². The number of aromatic nitrogens is 3. The van der Waals surface area contributed by atoms with E-state index >= 15 is 0 Å². The fourth-order valence-corrected chi connectivity index (χ4v) is 4.40. The van der Waals surface area contributed by atoms with E-state index in [-0.39, 0.29) is 24.0 Å². The van der Waals surface area contributed by atoms with Crippen LogP contribution in [0.25, 0.3) is 0 Å². The lowest BCUT2D eigenvalue weighted by molar-refractivity contribution is 0.460. The Bertz CT molecular complexity index is 789. The first-order valence-corrected chi connectivity index (χ1v) is 12.1. The number of rotatable bonds is 9. The van der Waals surface area contributed by atoms with Gasteiger partial charge in [0.1, 0.15) is 5.82 Å². The molecule has 1 aromatic carbocycles. The Balaban J connectivity index is 0.00000320. The van der Waals surface area contributed by atoms with Gasteiger partial charge in [-0.05, 0) is 50.1 Å². The van der Waals surface area contributed by atoms with E-state index in [1.165, 1.54) is 25.7 Å². The molecule has 2 aromatic rings. The predicted octanol–water partition coefficient (Wildman–Crippen LogP) is 5.07. The van der Waals surface area contributed by atoms with Crippen molar-refractivity contribution in [2.45, 2.75) is 63.2 Å². The van der Waals surface area contributed by atoms with Crippen LogP contribution in [-0.2, 0) is 13.0 Å². The number of aryl methyl sites for hydroxylation is 1. The Kier molecular flexibility index (Phi) is 11.3. The van der Waals surface area contributed by atoms with Crippen molar-refractivity contribution in [1.29, 1.82) is 0 Å². The van der Waals surface area contributed by atoms with Crippen LogP contribution in [0, 0.1) is 0 Å². The first-order valence-electron chi connectivity index (χ1n) is 10.5. The summed E-state index contributed by atoms with van der Waals surface area (Å²) < 4.78 is 2.39. The average Bonchev–Trinajstić information content (AvgIpc) is 3.39. The van der Waals surface area contributed by atoms with Crippen LogP contribution in [0.15, 0.2) is 34.4 Å². The first kappa shape index (κ1) is 25.3. The summed E-state index contributed by atoms with van der Waals surface area (Å²) in [6, 6.07) is 8.39. The van der Waals surface area contributed by atoms with Crippen molar-refractivity contribution in [3.63, 3.8) is 0 Å². The molecule has 0 amide bonds. The molecule has 1 aliphatic rings. The van der Waals surface area contributed by atoms with Gasteiger partial charge in [0.2, 0.25) is 0 Å². The monoisotopic (exact) mass is 562 g/mol. The quantitative estimate of drug-likeness (QED) is 0.147. The third-order valence-electron chi connectivity index (χ3n) is 5.15. The molecule has 3 rings (SSSR count). The largest absolute Gasteiger partial charge is 0.357 e. The minimum atomic E-state index is 0. The summed E-state index contributed by atoms with van der Waals surface area (Å²) in [5.41, 5.74) is 1.14. The molecule has 0 aliphatic heterocycles. The summed E-state index contributed by atoms with van der Waals surface area (Å²) in [7, 11) is 0. The lowest BCUT2D eigenvalue weighted by atomic mass is 10.2. The number of guanidine groups is 1. The molecular formula is C21H32ClIN6S. The molecule has 30 heavy (non-hydrogen) atoms. The van der Waals surface area contributed by atoms with Crippen LogP contribution >= 0.6 is 47.3 Å². The maximum atomic E-state index is 5.95. The maximum absolute atomic E-state index is 5.95. The molecule has 6 nitrogen and oxygen atoms in total. The second kappa shape index (κ2) is 13.4. The topological polar surface area (TPSA) is 67.1 Å². The van der Waals surface area contributed by atoms with E-state index in [1.54, 1.807) is 11.8 Å². The van der Waals surface area contributed by atoms with Crippen LogP contribution in [-0.4, -0.2) is 40.1 Å². The molecular weight excluding hydrogens is 531 g/mol. The lowest BCUT2D eigenvalue weighted by Gasteiger charge is -2.16. The highest BCUT2D eigenvalue weighted by atomic mass is 127. The Morgan fingerprint density at radius 2 is 1.93 bits per heavy atom. The zero-order valence-electron chi connectivity index (χ0n) is 17.7. The number of nitrogens with one attached hydrogen (secondary N) is 2. The van der Waals surface area contributed by atoms with E-state index in [4.69, 9.17) is 11.6 Å². The molecule has 0 saturated heterocycles. The summed E-state index contributed by atoms with van der Waals surface area (Å²) in [5, 5.41) is 17.4. The van der Waals surface area contributed by atoms with Gasteiger partial charge in [-0.25, -0.2) is 4.99 Å². The number of hydrogen-bond acceptors (Lipinski definition) is 4. The molecule has 1 heterocycles. The van der Waals surface area contributed by atoms with Gasteiger partial charge in [0.15, 0.2) is 11.1 Å².